The molecule has 1 saturated carbocycles. The minimum atomic E-state index is 0.143. The van der Waals surface area contributed by atoms with Crippen LogP contribution >= 0.6 is 0 Å². The van der Waals surface area contributed by atoms with Crippen LogP contribution in [0.5, 0.6) is 0 Å². The van der Waals surface area contributed by atoms with E-state index in [1.165, 1.54) is 0 Å². The highest BCUT2D eigenvalue weighted by Gasteiger charge is 2.34. The fourth-order valence-corrected chi connectivity index (χ4v) is 4.30. The van der Waals surface area contributed by atoms with Crippen molar-refractivity contribution in [3.63, 3.8) is 0 Å². The topological polar surface area (TPSA) is 52.7 Å². The molecule has 1 aromatic rings. The second kappa shape index (κ2) is 7.78. The Labute approximate surface area is 155 Å². The van der Waals surface area contributed by atoms with Crippen molar-refractivity contribution in [3.05, 3.63) is 35.9 Å². The molecule has 1 N–H and O–H groups in total. The minimum absolute atomic E-state index is 0.143. The normalized spacial score (nSPS) is 25.1. The number of piperidine rings is 2. The van der Waals surface area contributed by atoms with Crippen LogP contribution in [0.15, 0.2) is 30.3 Å². The van der Waals surface area contributed by atoms with Crippen molar-refractivity contribution in [1.82, 2.24) is 15.1 Å². The van der Waals surface area contributed by atoms with E-state index in [-0.39, 0.29) is 17.7 Å². The van der Waals surface area contributed by atoms with Crippen LogP contribution in [0.1, 0.15) is 48.9 Å². The molecule has 26 heavy (non-hydrogen) atoms. The molecule has 1 unspecified atom stereocenters. The number of hydrogen-bond acceptors (Lipinski definition) is 3. The Bertz CT molecular complexity index is 636. The van der Waals surface area contributed by atoms with Crippen molar-refractivity contribution in [1.29, 1.82) is 0 Å². The molecule has 5 heteroatoms. The van der Waals surface area contributed by atoms with E-state index in [0.29, 0.717) is 12.1 Å². The third-order valence-electron chi connectivity index (χ3n) is 6.04. The second-order valence-electron chi connectivity index (χ2n) is 8.01. The Morgan fingerprint density at radius 2 is 1.65 bits per heavy atom. The van der Waals surface area contributed by atoms with Gasteiger partial charge in [-0.3, -0.25) is 14.5 Å². The molecule has 2 aliphatic heterocycles. The molecule has 2 amide bonds. The summed E-state index contributed by atoms with van der Waals surface area (Å²) in [6.07, 6.45) is 6.43. The summed E-state index contributed by atoms with van der Waals surface area (Å²) in [4.78, 5) is 29.5. The van der Waals surface area contributed by atoms with Crippen LogP contribution in [0.2, 0.25) is 0 Å². The predicted molar refractivity (Wildman–Crippen MR) is 101 cm³/mol. The van der Waals surface area contributed by atoms with Gasteiger partial charge in [0.15, 0.2) is 0 Å². The molecule has 1 aliphatic carbocycles. The largest absolute Gasteiger partial charge is 0.353 e. The molecular weight excluding hydrogens is 326 g/mol. The first-order valence-corrected chi connectivity index (χ1v) is 10.1. The van der Waals surface area contributed by atoms with Gasteiger partial charge in [0.2, 0.25) is 5.91 Å². The van der Waals surface area contributed by atoms with Crippen LogP contribution < -0.4 is 5.32 Å². The van der Waals surface area contributed by atoms with E-state index in [2.05, 4.69) is 10.2 Å². The Balaban J connectivity index is 1.28. The van der Waals surface area contributed by atoms with Crippen LogP contribution in [0.3, 0.4) is 0 Å². The molecule has 3 aliphatic rings. The molecular formula is C21H29N3O2. The van der Waals surface area contributed by atoms with Crippen LogP contribution in [-0.4, -0.2) is 59.9 Å². The van der Waals surface area contributed by atoms with Gasteiger partial charge in [0.05, 0.1) is 5.92 Å². The Hall–Kier alpha value is -1.88. The van der Waals surface area contributed by atoms with Gasteiger partial charge in [-0.2, -0.15) is 0 Å². The summed E-state index contributed by atoms with van der Waals surface area (Å²) in [5, 5.41) is 3.17. The summed E-state index contributed by atoms with van der Waals surface area (Å²) < 4.78 is 0. The average Bonchev–Trinajstić information content (AvgIpc) is 3.52. The lowest BCUT2D eigenvalue weighted by Gasteiger charge is -2.42. The molecule has 0 bridgehead atoms. The van der Waals surface area contributed by atoms with E-state index < -0.39 is 0 Å². The predicted octanol–water partition coefficient (Wildman–Crippen LogP) is 2.28. The Kier molecular flexibility index (Phi) is 5.25. The number of nitrogens with zero attached hydrogens (tertiary/aromatic N) is 2. The fourth-order valence-electron chi connectivity index (χ4n) is 4.30. The number of rotatable bonds is 4. The summed E-state index contributed by atoms with van der Waals surface area (Å²) in [6, 6.07) is 10.5. The standard InChI is InChI=1S/C21H29N3O2/c25-20(22-18-8-9-18)17-7-4-12-24(15-17)19-10-13-23(14-11-19)21(26)16-5-2-1-3-6-16/h1-3,5-6,17-19H,4,7-15H2,(H,22,25). The zero-order valence-corrected chi connectivity index (χ0v) is 15.4. The van der Waals surface area contributed by atoms with Gasteiger partial charge in [-0.1, -0.05) is 18.2 Å². The molecule has 0 radical (unpaired) electrons. The number of carbonyl (C=O) groups excluding carboxylic acids is 2. The van der Waals surface area contributed by atoms with Crippen molar-refractivity contribution < 1.29 is 9.59 Å². The molecule has 3 fully saturated rings. The highest BCUT2D eigenvalue weighted by Crippen LogP contribution is 2.26. The molecule has 1 atom stereocenters. The minimum Gasteiger partial charge on any atom is -0.353 e. The van der Waals surface area contributed by atoms with Crippen molar-refractivity contribution >= 4 is 11.8 Å². The zero-order chi connectivity index (χ0) is 17.9. The summed E-state index contributed by atoms with van der Waals surface area (Å²) >= 11 is 0. The number of amides is 2. The van der Waals surface area contributed by atoms with Crippen molar-refractivity contribution in [2.75, 3.05) is 26.2 Å². The van der Waals surface area contributed by atoms with Crippen LogP contribution in [0.25, 0.3) is 0 Å². The smallest absolute Gasteiger partial charge is 0.253 e. The number of hydrogen-bond donors (Lipinski definition) is 1. The number of benzene rings is 1. The quantitative estimate of drug-likeness (QED) is 0.902. The molecule has 140 valence electrons. The van der Waals surface area contributed by atoms with Gasteiger partial charge in [0.1, 0.15) is 0 Å². The molecule has 0 aromatic heterocycles. The highest BCUT2D eigenvalue weighted by atomic mass is 16.2. The van der Waals surface area contributed by atoms with Gasteiger partial charge in [-0.05, 0) is 57.2 Å². The molecule has 2 saturated heterocycles. The summed E-state index contributed by atoms with van der Waals surface area (Å²) in [7, 11) is 0. The SMILES string of the molecule is O=C(NC1CC1)C1CCCN(C2CCN(C(=O)c3ccccc3)CC2)C1. The lowest BCUT2D eigenvalue weighted by Crippen LogP contribution is -2.51. The van der Waals surface area contributed by atoms with Crippen molar-refractivity contribution in [2.24, 2.45) is 5.92 Å². The van der Waals surface area contributed by atoms with E-state index in [1.54, 1.807) is 0 Å². The molecule has 2 heterocycles. The second-order valence-corrected chi connectivity index (χ2v) is 8.01. The number of carbonyl (C=O) groups is 2. The third-order valence-corrected chi connectivity index (χ3v) is 6.04. The van der Waals surface area contributed by atoms with Gasteiger partial charge >= 0.3 is 0 Å². The first-order valence-electron chi connectivity index (χ1n) is 10.1. The lowest BCUT2D eigenvalue weighted by atomic mass is 9.93. The van der Waals surface area contributed by atoms with Gasteiger partial charge in [-0.25, -0.2) is 0 Å². The van der Waals surface area contributed by atoms with E-state index in [1.807, 2.05) is 35.2 Å². The molecule has 5 nitrogen and oxygen atoms in total. The maximum absolute atomic E-state index is 12.6. The average molecular weight is 355 g/mol. The maximum Gasteiger partial charge on any atom is 0.253 e. The van der Waals surface area contributed by atoms with E-state index in [4.69, 9.17) is 0 Å². The monoisotopic (exact) mass is 355 g/mol. The molecule has 1 aromatic carbocycles. The zero-order valence-electron chi connectivity index (χ0n) is 15.4. The number of likely N-dealkylation sites (tertiary alicyclic amines) is 2. The summed E-state index contributed by atoms with van der Waals surface area (Å²) in [5.74, 6) is 0.548. The maximum atomic E-state index is 12.6. The van der Waals surface area contributed by atoms with Gasteiger partial charge < -0.3 is 10.2 Å². The van der Waals surface area contributed by atoms with Crippen LogP contribution in [0, 0.1) is 5.92 Å². The van der Waals surface area contributed by atoms with Crippen molar-refractivity contribution in [3.8, 4) is 0 Å². The van der Waals surface area contributed by atoms with Crippen LogP contribution in [0.4, 0.5) is 0 Å². The lowest BCUT2D eigenvalue weighted by molar-refractivity contribution is -0.127. The van der Waals surface area contributed by atoms with Crippen molar-refractivity contribution in [2.45, 2.75) is 50.6 Å². The fraction of sp³-hybridized carbons (Fsp3) is 0.619. The first-order chi connectivity index (χ1) is 12.7. The highest BCUT2D eigenvalue weighted by molar-refractivity contribution is 5.94. The van der Waals surface area contributed by atoms with E-state index in [9.17, 15) is 9.59 Å². The van der Waals surface area contributed by atoms with E-state index in [0.717, 1.165) is 70.3 Å². The summed E-state index contributed by atoms with van der Waals surface area (Å²) in [6.45, 7) is 3.60. The summed E-state index contributed by atoms with van der Waals surface area (Å²) in [5.41, 5.74) is 0.778. The third kappa shape index (κ3) is 4.09. The Morgan fingerprint density at radius 1 is 0.923 bits per heavy atom. The first kappa shape index (κ1) is 17.5. The molecule has 0 spiro atoms. The Morgan fingerprint density at radius 3 is 2.35 bits per heavy atom. The number of nitrogens with one attached hydrogen (secondary N) is 1. The molecule has 4 rings (SSSR count). The van der Waals surface area contributed by atoms with Gasteiger partial charge in [-0.15, -0.1) is 0 Å². The van der Waals surface area contributed by atoms with Gasteiger partial charge in [0, 0.05) is 37.3 Å². The van der Waals surface area contributed by atoms with E-state index >= 15 is 0 Å². The van der Waals surface area contributed by atoms with Gasteiger partial charge in [0.25, 0.3) is 5.91 Å². The van der Waals surface area contributed by atoms with Crippen LogP contribution in [-0.2, 0) is 4.79 Å².